The number of benzene rings is 2. The molecule has 1 N–H and O–H groups in total. The first-order valence-electron chi connectivity index (χ1n) is 8.74. The average Bonchev–Trinajstić information content (AvgIpc) is 2.66. The number of carboxylic acids is 1. The van der Waals surface area contributed by atoms with Gasteiger partial charge in [0.1, 0.15) is 5.75 Å². The van der Waals surface area contributed by atoms with E-state index in [1.165, 1.54) is 12.1 Å². The van der Waals surface area contributed by atoms with Crippen LogP contribution in [0.25, 0.3) is 11.1 Å². The molecule has 0 saturated heterocycles. The lowest BCUT2D eigenvalue weighted by atomic mass is 10.0. The zero-order chi connectivity index (χ0) is 20.7. The van der Waals surface area contributed by atoms with Gasteiger partial charge >= 0.3 is 11.9 Å². The number of carbonyl (C=O) groups is 2. The molecule has 7 heteroatoms. The fraction of sp³-hybridized carbons (Fsp3) is 0.238. The van der Waals surface area contributed by atoms with Crippen molar-refractivity contribution in [2.24, 2.45) is 0 Å². The number of ether oxygens (including phenoxy) is 1. The van der Waals surface area contributed by atoms with E-state index < -0.39 is 35.0 Å². The first kappa shape index (κ1) is 21.2. The van der Waals surface area contributed by atoms with Crippen molar-refractivity contribution in [3.8, 4) is 16.9 Å². The molecule has 0 fully saturated rings. The SMILES string of the molecule is CCCCCC=CC(=O)Oc1ccc(C(=O)O)cc1-c1ccc(F)c(F)c1F. The fourth-order valence-electron chi connectivity index (χ4n) is 2.53. The third kappa shape index (κ3) is 5.22. The Hall–Kier alpha value is -3.09. The van der Waals surface area contributed by atoms with Gasteiger partial charge in [0.05, 0.1) is 5.56 Å². The molecule has 4 nitrogen and oxygen atoms in total. The molecule has 0 aliphatic rings. The molecule has 2 aromatic carbocycles. The summed E-state index contributed by atoms with van der Waals surface area (Å²) in [4.78, 5) is 23.2. The van der Waals surface area contributed by atoms with Crippen LogP contribution in [0, 0.1) is 17.5 Å². The van der Waals surface area contributed by atoms with Crippen molar-refractivity contribution in [2.45, 2.75) is 32.6 Å². The second kappa shape index (κ2) is 9.73. The second-order valence-electron chi connectivity index (χ2n) is 6.06. The van der Waals surface area contributed by atoms with Gasteiger partial charge in [-0.25, -0.2) is 22.8 Å². The van der Waals surface area contributed by atoms with Crippen LogP contribution in [0.15, 0.2) is 42.5 Å². The Bertz CT molecular complexity index is 907. The molecule has 28 heavy (non-hydrogen) atoms. The number of rotatable bonds is 8. The minimum absolute atomic E-state index is 0.168. The molecule has 0 aliphatic heterocycles. The van der Waals surface area contributed by atoms with Gasteiger partial charge in [-0.1, -0.05) is 25.8 Å². The highest BCUT2D eigenvalue weighted by atomic mass is 19.2. The lowest BCUT2D eigenvalue weighted by Gasteiger charge is -2.12. The van der Waals surface area contributed by atoms with E-state index in [1.807, 2.05) is 0 Å². The first-order valence-corrected chi connectivity index (χ1v) is 8.74. The van der Waals surface area contributed by atoms with Gasteiger partial charge in [-0.2, -0.15) is 0 Å². The molecular weight excluding hydrogens is 373 g/mol. The number of halogens is 3. The highest BCUT2D eigenvalue weighted by molar-refractivity contribution is 5.92. The van der Waals surface area contributed by atoms with E-state index in [0.29, 0.717) is 12.5 Å². The predicted octanol–water partition coefficient (Wildman–Crippen LogP) is 5.51. The van der Waals surface area contributed by atoms with Crippen molar-refractivity contribution in [2.75, 3.05) is 0 Å². The van der Waals surface area contributed by atoms with Crippen molar-refractivity contribution in [3.63, 3.8) is 0 Å². The molecule has 0 aromatic heterocycles. The van der Waals surface area contributed by atoms with Gasteiger partial charge in [-0.05, 0) is 43.2 Å². The summed E-state index contributed by atoms with van der Waals surface area (Å²) in [7, 11) is 0. The molecule has 0 aliphatic carbocycles. The van der Waals surface area contributed by atoms with Crippen LogP contribution >= 0.6 is 0 Å². The summed E-state index contributed by atoms with van der Waals surface area (Å²) in [5.74, 6) is -6.81. The molecule has 0 saturated carbocycles. The predicted molar refractivity (Wildman–Crippen MR) is 97.6 cm³/mol. The number of carbonyl (C=O) groups excluding carboxylic acids is 1. The molecule has 0 atom stereocenters. The van der Waals surface area contributed by atoms with E-state index in [-0.39, 0.29) is 16.9 Å². The zero-order valence-electron chi connectivity index (χ0n) is 15.2. The van der Waals surface area contributed by atoms with Crippen molar-refractivity contribution in [3.05, 3.63) is 65.5 Å². The monoisotopic (exact) mass is 392 g/mol. The van der Waals surface area contributed by atoms with Crippen LogP contribution in [0.4, 0.5) is 13.2 Å². The van der Waals surface area contributed by atoms with Gasteiger partial charge in [0.2, 0.25) is 0 Å². The number of esters is 1. The quantitative estimate of drug-likeness (QED) is 0.212. The Balaban J connectivity index is 2.36. The number of hydrogen-bond acceptors (Lipinski definition) is 3. The van der Waals surface area contributed by atoms with Gasteiger partial charge in [0, 0.05) is 17.2 Å². The van der Waals surface area contributed by atoms with E-state index in [4.69, 9.17) is 9.84 Å². The normalized spacial score (nSPS) is 11.0. The van der Waals surface area contributed by atoms with Crippen LogP contribution < -0.4 is 4.74 Å². The number of unbranched alkanes of at least 4 members (excludes halogenated alkanes) is 3. The summed E-state index contributed by atoms with van der Waals surface area (Å²) in [5, 5.41) is 9.14. The number of aromatic carboxylic acids is 1. The third-order valence-electron chi connectivity index (χ3n) is 3.99. The van der Waals surface area contributed by atoms with E-state index in [1.54, 1.807) is 6.08 Å². The van der Waals surface area contributed by atoms with E-state index >= 15 is 0 Å². The summed E-state index contributed by atoms with van der Waals surface area (Å²) in [6.07, 6.45) is 6.52. The summed E-state index contributed by atoms with van der Waals surface area (Å²) < 4.78 is 46.2. The Labute approximate surface area is 160 Å². The third-order valence-corrected chi connectivity index (χ3v) is 3.99. The van der Waals surface area contributed by atoms with Crippen LogP contribution in [-0.2, 0) is 4.79 Å². The Morgan fingerprint density at radius 3 is 2.46 bits per heavy atom. The Morgan fingerprint density at radius 2 is 1.79 bits per heavy atom. The fourth-order valence-corrected chi connectivity index (χ4v) is 2.53. The van der Waals surface area contributed by atoms with Crippen molar-refractivity contribution < 1.29 is 32.6 Å². The molecule has 0 unspecified atom stereocenters. The summed E-state index contributed by atoms with van der Waals surface area (Å²) in [6.45, 7) is 2.05. The minimum atomic E-state index is -1.70. The lowest BCUT2D eigenvalue weighted by molar-refractivity contribution is -0.128. The largest absolute Gasteiger partial charge is 0.478 e. The van der Waals surface area contributed by atoms with E-state index in [2.05, 4.69) is 6.92 Å². The molecule has 2 rings (SSSR count). The van der Waals surface area contributed by atoms with Gasteiger partial charge in [0.25, 0.3) is 0 Å². The van der Waals surface area contributed by atoms with Gasteiger partial charge in [-0.3, -0.25) is 0 Å². The van der Waals surface area contributed by atoms with Gasteiger partial charge in [-0.15, -0.1) is 0 Å². The maximum absolute atomic E-state index is 14.2. The molecule has 0 radical (unpaired) electrons. The first-order chi connectivity index (χ1) is 13.3. The molecule has 2 aromatic rings. The van der Waals surface area contributed by atoms with Crippen LogP contribution in [0.5, 0.6) is 5.75 Å². The van der Waals surface area contributed by atoms with E-state index in [9.17, 15) is 22.8 Å². The van der Waals surface area contributed by atoms with Crippen molar-refractivity contribution >= 4 is 11.9 Å². The lowest BCUT2D eigenvalue weighted by Crippen LogP contribution is -2.07. The van der Waals surface area contributed by atoms with Crippen LogP contribution in [-0.4, -0.2) is 17.0 Å². The topological polar surface area (TPSA) is 63.6 Å². The summed E-state index contributed by atoms with van der Waals surface area (Å²) >= 11 is 0. The molecule has 0 bridgehead atoms. The number of carboxylic acid groups (broad SMARTS) is 1. The van der Waals surface area contributed by atoms with Crippen LogP contribution in [0.1, 0.15) is 43.0 Å². The molecule has 0 amide bonds. The zero-order valence-corrected chi connectivity index (χ0v) is 15.2. The summed E-state index contributed by atoms with van der Waals surface area (Å²) in [6, 6.07) is 5.03. The second-order valence-corrected chi connectivity index (χ2v) is 6.06. The van der Waals surface area contributed by atoms with Crippen molar-refractivity contribution in [1.29, 1.82) is 0 Å². The molecule has 0 spiro atoms. The highest BCUT2D eigenvalue weighted by Gasteiger charge is 2.20. The average molecular weight is 392 g/mol. The number of hydrogen-bond donors (Lipinski definition) is 1. The minimum Gasteiger partial charge on any atom is -0.478 e. The van der Waals surface area contributed by atoms with E-state index in [0.717, 1.165) is 37.5 Å². The Kier molecular flexibility index (Phi) is 7.37. The maximum Gasteiger partial charge on any atom is 0.335 e. The molecular formula is C21H19F3O4. The smallest absolute Gasteiger partial charge is 0.335 e. The standard InChI is InChI=1S/C21H19F3O4/c1-2-3-4-5-6-7-18(25)28-17-11-8-13(21(26)27)12-15(17)14-9-10-16(22)20(24)19(14)23/h6-12H,2-5H2,1H3,(H,26,27). The Morgan fingerprint density at radius 1 is 1.04 bits per heavy atom. The van der Waals surface area contributed by atoms with Crippen LogP contribution in [0.3, 0.4) is 0 Å². The van der Waals surface area contributed by atoms with Crippen LogP contribution in [0.2, 0.25) is 0 Å². The molecule has 0 heterocycles. The molecule has 148 valence electrons. The maximum atomic E-state index is 14.2. The number of allylic oxidation sites excluding steroid dienone is 1. The van der Waals surface area contributed by atoms with Gasteiger partial charge < -0.3 is 9.84 Å². The van der Waals surface area contributed by atoms with Crippen molar-refractivity contribution in [1.82, 2.24) is 0 Å². The summed E-state index contributed by atoms with van der Waals surface area (Å²) in [5.41, 5.74) is -0.824. The highest BCUT2D eigenvalue weighted by Crippen LogP contribution is 2.34. The van der Waals surface area contributed by atoms with Gasteiger partial charge in [0.15, 0.2) is 17.5 Å².